The van der Waals surface area contributed by atoms with Gasteiger partial charge in [-0.1, -0.05) is 55.8 Å². The molecule has 4 heterocycles. The summed E-state index contributed by atoms with van der Waals surface area (Å²) in [4.78, 5) is 17.4. The third kappa shape index (κ3) is 4.12. The molecule has 6 nitrogen and oxygen atoms in total. The van der Waals surface area contributed by atoms with E-state index in [-0.39, 0.29) is 23.7 Å². The molecule has 1 amide bonds. The first-order chi connectivity index (χ1) is 23.4. The van der Waals surface area contributed by atoms with Gasteiger partial charge in [-0.15, -0.1) is 0 Å². The quantitative estimate of drug-likeness (QED) is 0.295. The maximum absolute atomic E-state index is 12.7. The molecule has 0 radical (unpaired) electrons. The number of piperidine rings is 2. The summed E-state index contributed by atoms with van der Waals surface area (Å²) in [6.07, 6.45) is 7.41. The Kier molecular flexibility index (Phi) is 7.41. The maximum atomic E-state index is 12.7. The number of amides is 1. The highest BCUT2D eigenvalue weighted by atomic mass is 79.9. The number of ether oxygens (including phenoxy) is 3. The summed E-state index contributed by atoms with van der Waals surface area (Å²) in [6.45, 7) is 18.3. The minimum absolute atomic E-state index is 0.0526. The Morgan fingerprint density at radius 2 is 1.49 bits per heavy atom. The van der Waals surface area contributed by atoms with Gasteiger partial charge in [-0.25, -0.2) is 4.79 Å². The van der Waals surface area contributed by atoms with Crippen LogP contribution in [0.15, 0.2) is 22.7 Å². The SMILES string of the molecule is CCOC(=O)N1CC[C@]23c4c5c(Br)cc(C)c4O[C@H]2C(C)[C@H](C)C[C@H]3[C@H]1C5.Cc1ccc2c3c1O[C@H]1C(C)[C@H](C)C[C@H]4[C@@H](C2)N(C)CC[C@]314. The molecule has 0 aromatic heterocycles. The normalized spacial score (nSPS) is 41.4. The molecule has 8 aliphatic rings. The monoisotopic (exact) mass is 730 g/mol. The van der Waals surface area contributed by atoms with Gasteiger partial charge in [0.05, 0.1) is 6.61 Å². The van der Waals surface area contributed by atoms with Crippen LogP contribution in [0.5, 0.6) is 11.5 Å². The van der Waals surface area contributed by atoms with Gasteiger partial charge < -0.3 is 24.0 Å². The summed E-state index contributed by atoms with van der Waals surface area (Å²) < 4.78 is 20.0. The highest BCUT2D eigenvalue weighted by Gasteiger charge is 2.68. The molecule has 2 saturated heterocycles. The van der Waals surface area contributed by atoms with Gasteiger partial charge in [-0.2, -0.15) is 0 Å². The van der Waals surface area contributed by atoms with Crippen molar-refractivity contribution in [3.05, 3.63) is 56.1 Å². The van der Waals surface area contributed by atoms with Crippen molar-refractivity contribution in [2.75, 3.05) is 26.7 Å². The average molecular weight is 732 g/mol. The van der Waals surface area contributed by atoms with E-state index < -0.39 is 0 Å². The van der Waals surface area contributed by atoms with Gasteiger partial charge in [-0.05, 0) is 137 Å². The molecule has 7 heteroatoms. The van der Waals surface area contributed by atoms with Crippen molar-refractivity contribution in [2.45, 2.75) is 122 Å². The van der Waals surface area contributed by atoms with E-state index in [4.69, 9.17) is 14.2 Å². The highest BCUT2D eigenvalue weighted by molar-refractivity contribution is 9.10. The molecule has 2 spiro atoms. The number of halogens is 1. The number of aryl methyl sites for hydroxylation is 2. The fourth-order valence-electron chi connectivity index (χ4n) is 13.0. The van der Waals surface area contributed by atoms with Gasteiger partial charge in [0.1, 0.15) is 23.7 Å². The molecule has 4 fully saturated rings. The number of carbonyl (C=O) groups is 1. The Hall–Kier alpha value is -2.25. The van der Waals surface area contributed by atoms with Crippen molar-refractivity contribution in [3.8, 4) is 11.5 Å². The minimum atomic E-state index is -0.147. The lowest BCUT2D eigenvalue weighted by Gasteiger charge is -2.60. The van der Waals surface area contributed by atoms with Crippen LogP contribution in [0.2, 0.25) is 0 Å². The molecule has 12 atom stereocenters. The number of likely N-dealkylation sites (N-methyl/N-ethyl adjacent to an activating group) is 1. The van der Waals surface area contributed by atoms with Crippen LogP contribution in [0.4, 0.5) is 4.79 Å². The number of likely N-dealkylation sites (tertiary alicyclic amines) is 2. The number of benzene rings is 2. The van der Waals surface area contributed by atoms with Gasteiger partial charge in [0.25, 0.3) is 0 Å². The van der Waals surface area contributed by atoms with Gasteiger partial charge >= 0.3 is 6.09 Å². The second-order valence-electron chi connectivity index (χ2n) is 17.5. The van der Waals surface area contributed by atoms with E-state index in [1.165, 1.54) is 58.3 Å². The lowest BCUT2D eigenvalue weighted by Crippen LogP contribution is -2.67. The number of hydrogen-bond donors (Lipinski definition) is 0. The van der Waals surface area contributed by atoms with E-state index in [0.29, 0.717) is 41.8 Å². The summed E-state index contributed by atoms with van der Waals surface area (Å²) in [5, 5.41) is 0. The van der Waals surface area contributed by atoms with Crippen molar-refractivity contribution < 1.29 is 19.0 Å². The number of hydrogen-bond acceptors (Lipinski definition) is 5. The Balaban J connectivity index is 0.000000135. The lowest BCUT2D eigenvalue weighted by atomic mass is 9.48. The van der Waals surface area contributed by atoms with Crippen LogP contribution in [0.1, 0.15) is 93.7 Å². The van der Waals surface area contributed by atoms with Crippen molar-refractivity contribution >= 4 is 22.0 Å². The van der Waals surface area contributed by atoms with Crippen LogP contribution in [0, 0.1) is 49.4 Å². The second-order valence-corrected chi connectivity index (χ2v) is 18.4. The molecule has 264 valence electrons. The van der Waals surface area contributed by atoms with Gasteiger partial charge in [0, 0.05) is 45.1 Å². The lowest BCUT2D eigenvalue weighted by molar-refractivity contribution is -0.0856. The summed E-state index contributed by atoms with van der Waals surface area (Å²) in [6, 6.07) is 7.80. The minimum Gasteiger partial charge on any atom is -0.489 e. The molecule has 10 rings (SSSR count). The number of nitrogens with zero attached hydrogens (tertiary/aromatic N) is 2. The van der Waals surface area contributed by atoms with Crippen LogP contribution in [-0.4, -0.2) is 66.9 Å². The van der Waals surface area contributed by atoms with Crippen LogP contribution in [0.25, 0.3) is 0 Å². The summed E-state index contributed by atoms with van der Waals surface area (Å²) in [5.74, 6) is 6.19. The van der Waals surface area contributed by atoms with Crippen molar-refractivity contribution in [1.29, 1.82) is 0 Å². The molecular formula is C42H55BrN2O4. The molecule has 4 bridgehead atoms. The van der Waals surface area contributed by atoms with Crippen LogP contribution in [0.3, 0.4) is 0 Å². The maximum Gasteiger partial charge on any atom is 0.410 e. The summed E-state index contributed by atoms with van der Waals surface area (Å²) in [7, 11) is 2.34. The fraction of sp³-hybridized carbons (Fsp3) is 0.690. The van der Waals surface area contributed by atoms with E-state index in [1.807, 2.05) is 11.8 Å². The zero-order chi connectivity index (χ0) is 34.3. The van der Waals surface area contributed by atoms with Gasteiger partial charge in [0.15, 0.2) is 0 Å². The Bertz CT molecular complexity index is 1730. The molecule has 0 N–H and O–H groups in total. The first-order valence-corrected chi connectivity index (χ1v) is 20.2. The van der Waals surface area contributed by atoms with Crippen molar-refractivity contribution in [1.82, 2.24) is 9.80 Å². The highest BCUT2D eigenvalue weighted by Crippen LogP contribution is 2.66. The number of rotatable bonds is 1. The predicted octanol–water partition coefficient (Wildman–Crippen LogP) is 8.38. The van der Waals surface area contributed by atoms with Crippen LogP contribution < -0.4 is 9.47 Å². The van der Waals surface area contributed by atoms with E-state index in [0.717, 1.165) is 49.4 Å². The van der Waals surface area contributed by atoms with E-state index in [1.54, 1.807) is 11.1 Å². The zero-order valence-corrected chi connectivity index (χ0v) is 32.4. The molecule has 2 aromatic rings. The number of carbonyl (C=O) groups excluding carboxylic acids is 1. The standard InChI is InChI=1S/C22H28BrNO3.C20H27NO/c1-5-26-21(25)24-7-6-22-15-8-11(2)13(4)20(22)27-19-12(3)9-16(23)14(18(19)22)10-17(15)24;1-11-5-6-14-10-16-15-9-12(2)13(3)19-20(15,7-8-21(16)4)17(14)18(11)22-19/h9,11,13,15,17,20H,5-8,10H2,1-4H3;5-6,12-13,15-16,19H,7-10H2,1-4H3/t11-,13?,15+,17-,20+,22+;12-,13?,15+,16-,19+,20+/m11/s1. The molecule has 49 heavy (non-hydrogen) atoms. The molecule has 4 aliphatic heterocycles. The third-order valence-electron chi connectivity index (χ3n) is 15.6. The van der Waals surface area contributed by atoms with Gasteiger partial charge in [-0.3, -0.25) is 0 Å². The molecular weight excluding hydrogens is 676 g/mol. The first kappa shape index (κ1) is 32.6. The summed E-state index contributed by atoms with van der Waals surface area (Å²) >= 11 is 3.83. The van der Waals surface area contributed by atoms with Gasteiger partial charge in [0.2, 0.25) is 0 Å². The molecule has 2 unspecified atom stereocenters. The smallest absolute Gasteiger partial charge is 0.410 e. The molecule has 4 aliphatic carbocycles. The zero-order valence-electron chi connectivity index (χ0n) is 30.8. The Morgan fingerprint density at radius 1 is 0.878 bits per heavy atom. The van der Waals surface area contributed by atoms with Crippen molar-refractivity contribution in [2.24, 2.45) is 35.5 Å². The molecule has 2 aromatic carbocycles. The van der Waals surface area contributed by atoms with Crippen LogP contribution >= 0.6 is 15.9 Å². The molecule has 2 saturated carbocycles. The predicted molar refractivity (Wildman–Crippen MR) is 196 cm³/mol. The Morgan fingerprint density at radius 3 is 2.16 bits per heavy atom. The largest absolute Gasteiger partial charge is 0.489 e. The van der Waals surface area contributed by atoms with E-state index in [2.05, 4.69) is 87.6 Å². The topological polar surface area (TPSA) is 51.2 Å². The average Bonchev–Trinajstić information content (AvgIpc) is 3.60. The third-order valence-corrected chi connectivity index (χ3v) is 16.3. The first-order valence-electron chi connectivity index (χ1n) is 19.4. The Labute approximate surface area is 301 Å². The second kappa shape index (κ2) is 11.1. The van der Waals surface area contributed by atoms with Crippen molar-refractivity contribution in [3.63, 3.8) is 0 Å². The van der Waals surface area contributed by atoms with E-state index >= 15 is 0 Å². The van der Waals surface area contributed by atoms with Crippen LogP contribution in [-0.2, 0) is 28.4 Å². The summed E-state index contributed by atoms with van der Waals surface area (Å²) in [5.41, 5.74) is 8.98. The van der Waals surface area contributed by atoms with E-state index in [9.17, 15) is 4.79 Å². The fourth-order valence-corrected chi connectivity index (χ4v) is 13.7.